The van der Waals surface area contributed by atoms with Gasteiger partial charge in [-0.25, -0.2) is 0 Å². The van der Waals surface area contributed by atoms with Crippen LogP contribution in [0.3, 0.4) is 0 Å². The summed E-state index contributed by atoms with van der Waals surface area (Å²) < 4.78 is 0. The molecule has 1 atom stereocenters. The smallest absolute Gasteiger partial charge is 0.0365 e. The van der Waals surface area contributed by atoms with Crippen molar-refractivity contribution in [3.63, 3.8) is 0 Å². The number of likely N-dealkylation sites (N-methyl/N-ethyl adjacent to an activating group) is 1. The summed E-state index contributed by atoms with van der Waals surface area (Å²) >= 11 is 0. The molecule has 3 fully saturated rings. The molecule has 2 aliphatic carbocycles. The third-order valence-electron chi connectivity index (χ3n) is 5.44. The number of nitrogens with one attached hydrogen (secondary N) is 1. The SMILES string of the molecule is CNC(C1CC1)C1(N2CCCCC2)CCCC1. The van der Waals surface area contributed by atoms with Crippen LogP contribution >= 0.6 is 0 Å². The fourth-order valence-corrected chi connectivity index (χ4v) is 4.52. The summed E-state index contributed by atoms with van der Waals surface area (Å²) in [5.41, 5.74) is 0.538. The average Bonchev–Trinajstić information content (AvgIpc) is 3.08. The Labute approximate surface area is 106 Å². The van der Waals surface area contributed by atoms with E-state index in [-0.39, 0.29) is 0 Å². The molecule has 2 saturated carbocycles. The number of hydrogen-bond acceptors (Lipinski definition) is 2. The largest absolute Gasteiger partial charge is 0.315 e. The van der Waals surface area contributed by atoms with Crippen molar-refractivity contribution in [2.75, 3.05) is 20.1 Å². The van der Waals surface area contributed by atoms with Crippen LogP contribution in [-0.2, 0) is 0 Å². The molecule has 1 heterocycles. The molecule has 3 aliphatic rings. The molecule has 0 spiro atoms. The Morgan fingerprint density at radius 1 is 1.00 bits per heavy atom. The maximum atomic E-state index is 3.70. The number of hydrogen-bond donors (Lipinski definition) is 1. The zero-order valence-electron chi connectivity index (χ0n) is 11.4. The third kappa shape index (κ3) is 2.15. The minimum Gasteiger partial charge on any atom is -0.315 e. The first kappa shape index (κ1) is 12.0. The van der Waals surface area contributed by atoms with Crippen LogP contribution in [0.25, 0.3) is 0 Å². The molecule has 98 valence electrons. The second kappa shape index (κ2) is 4.89. The molecular weight excluding hydrogens is 208 g/mol. The van der Waals surface area contributed by atoms with Crippen LogP contribution in [0.15, 0.2) is 0 Å². The Hall–Kier alpha value is -0.0800. The van der Waals surface area contributed by atoms with E-state index < -0.39 is 0 Å². The van der Waals surface area contributed by atoms with Crippen molar-refractivity contribution < 1.29 is 0 Å². The summed E-state index contributed by atoms with van der Waals surface area (Å²) in [4.78, 5) is 2.88. The second-order valence-corrected chi connectivity index (χ2v) is 6.46. The van der Waals surface area contributed by atoms with E-state index in [0.29, 0.717) is 5.54 Å². The van der Waals surface area contributed by atoms with Crippen molar-refractivity contribution in [1.82, 2.24) is 10.2 Å². The predicted octanol–water partition coefficient (Wildman–Crippen LogP) is 2.78. The lowest BCUT2D eigenvalue weighted by atomic mass is 9.82. The van der Waals surface area contributed by atoms with Gasteiger partial charge < -0.3 is 5.32 Å². The Bertz CT molecular complexity index is 248. The van der Waals surface area contributed by atoms with Gasteiger partial charge in [0.2, 0.25) is 0 Å². The summed E-state index contributed by atoms with van der Waals surface area (Å²) in [6.45, 7) is 2.73. The molecule has 2 heteroatoms. The predicted molar refractivity (Wildman–Crippen MR) is 72.2 cm³/mol. The summed E-state index contributed by atoms with van der Waals surface area (Å²) in [7, 11) is 2.20. The van der Waals surface area contributed by atoms with Crippen LogP contribution in [-0.4, -0.2) is 36.6 Å². The molecule has 1 unspecified atom stereocenters. The molecule has 0 aromatic heterocycles. The normalized spacial score (nSPS) is 31.6. The lowest BCUT2D eigenvalue weighted by molar-refractivity contribution is 0.0321. The molecule has 0 amide bonds. The van der Waals surface area contributed by atoms with Crippen molar-refractivity contribution in [3.8, 4) is 0 Å². The van der Waals surface area contributed by atoms with E-state index in [1.165, 1.54) is 70.9 Å². The van der Waals surface area contributed by atoms with Crippen LogP contribution in [0.4, 0.5) is 0 Å². The number of piperidine rings is 1. The van der Waals surface area contributed by atoms with Gasteiger partial charge in [-0.2, -0.15) is 0 Å². The molecule has 0 radical (unpaired) electrons. The lowest BCUT2D eigenvalue weighted by Gasteiger charge is -2.49. The average molecular weight is 236 g/mol. The molecule has 1 aliphatic heterocycles. The molecule has 0 aromatic rings. The second-order valence-electron chi connectivity index (χ2n) is 6.46. The van der Waals surface area contributed by atoms with Gasteiger partial charge in [-0.3, -0.25) is 4.90 Å². The van der Waals surface area contributed by atoms with Crippen molar-refractivity contribution in [3.05, 3.63) is 0 Å². The highest BCUT2D eigenvalue weighted by atomic mass is 15.2. The fraction of sp³-hybridized carbons (Fsp3) is 1.00. The van der Waals surface area contributed by atoms with Gasteiger partial charge in [-0.15, -0.1) is 0 Å². The number of likely N-dealkylation sites (tertiary alicyclic amines) is 1. The van der Waals surface area contributed by atoms with Crippen molar-refractivity contribution in [2.45, 2.75) is 69.4 Å². The third-order valence-corrected chi connectivity index (χ3v) is 5.44. The maximum absolute atomic E-state index is 3.70. The number of rotatable bonds is 4. The highest BCUT2D eigenvalue weighted by molar-refractivity contribution is 5.08. The summed E-state index contributed by atoms with van der Waals surface area (Å²) in [6.07, 6.45) is 13.1. The molecular formula is C15H28N2. The number of nitrogens with zero attached hydrogens (tertiary/aromatic N) is 1. The van der Waals surface area contributed by atoms with E-state index >= 15 is 0 Å². The van der Waals surface area contributed by atoms with Gasteiger partial charge in [0.05, 0.1) is 0 Å². The highest BCUT2D eigenvalue weighted by Crippen LogP contribution is 2.47. The van der Waals surface area contributed by atoms with E-state index in [0.717, 1.165) is 12.0 Å². The van der Waals surface area contributed by atoms with Crippen LogP contribution in [0.1, 0.15) is 57.8 Å². The standard InChI is InChI=1S/C15H28N2/c1-16-14(13-7-8-13)15(9-3-4-10-15)17-11-5-2-6-12-17/h13-14,16H,2-12H2,1H3. The lowest BCUT2D eigenvalue weighted by Crippen LogP contribution is -2.61. The van der Waals surface area contributed by atoms with Gasteiger partial charge in [0.1, 0.15) is 0 Å². The summed E-state index contributed by atoms with van der Waals surface area (Å²) in [5.74, 6) is 0.986. The van der Waals surface area contributed by atoms with Crippen molar-refractivity contribution in [2.24, 2.45) is 5.92 Å². The van der Waals surface area contributed by atoms with Gasteiger partial charge >= 0.3 is 0 Å². The summed E-state index contributed by atoms with van der Waals surface area (Å²) in [5, 5.41) is 3.70. The first-order valence-electron chi connectivity index (χ1n) is 7.79. The molecule has 0 aromatic carbocycles. The first-order valence-corrected chi connectivity index (χ1v) is 7.79. The maximum Gasteiger partial charge on any atom is 0.0365 e. The quantitative estimate of drug-likeness (QED) is 0.807. The minimum atomic E-state index is 0.538. The van der Waals surface area contributed by atoms with Gasteiger partial charge in [-0.1, -0.05) is 19.3 Å². The summed E-state index contributed by atoms with van der Waals surface area (Å²) in [6, 6.07) is 0.781. The highest BCUT2D eigenvalue weighted by Gasteiger charge is 2.50. The monoisotopic (exact) mass is 236 g/mol. The Morgan fingerprint density at radius 3 is 2.18 bits per heavy atom. The fourth-order valence-electron chi connectivity index (χ4n) is 4.52. The zero-order chi connectivity index (χ0) is 11.7. The van der Waals surface area contributed by atoms with Crippen LogP contribution in [0.2, 0.25) is 0 Å². The minimum absolute atomic E-state index is 0.538. The molecule has 0 bridgehead atoms. The molecule has 2 nitrogen and oxygen atoms in total. The first-order chi connectivity index (χ1) is 8.37. The molecule has 1 saturated heterocycles. The van der Waals surface area contributed by atoms with E-state index in [1.54, 1.807) is 0 Å². The Morgan fingerprint density at radius 2 is 1.65 bits per heavy atom. The van der Waals surface area contributed by atoms with Crippen molar-refractivity contribution in [1.29, 1.82) is 0 Å². The molecule has 17 heavy (non-hydrogen) atoms. The van der Waals surface area contributed by atoms with E-state index in [2.05, 4.69) is 17.3 Å². The van der Waals surface area contributed by atoms with Gasteiger partial charge in [0.25, 0.3) is 0 Å². The van der Waals surface area contributed by atoms with Gasteiger partial charge in [0, 0.05) is 11.6 Å². The van der Waals surface area contributed by atoms with Crippen LogP contribution < -0.4 is 5.32 Å². The molecule has 3 rings (SSSR count). The van der Waals surface area contributed by atoms with E-state index in [9.17, 15) is 0 Å². The molecule has 1 N–H and O–H groups in total. The van der Waals surface area contributed by atoms with E-state index in [1.807, 2.05) is 0 Å². The Balaban J connectivity index is 1.80. The Kier molecular flexibility index (Phi) is 3.45. The van der Waals surface area contributed by atoms with Crippen molar-refractivity contribution >= 4 is 0 Å². The van der Waals surface area contributed by atoms with Gasteiger partial charge in [0.15, 0.2) is 0 Å². The topological polar surface area (TPSA) is 15.3 Å². The zero-order valence-corrected chi connectivity index (χ0v) is 11.4. The van der Waals surface area contributed by atoms with Crippen LogP contribution in [0, 0.1) is 5.92 Å². The van der Waals surface area contributed by atoms with Crippen LogP contribution in [0.5, 0.6) is 0 Å². The van der Waals surface area contributed by atoms with Gasteiger partial charge in [-0.05, 0) is 64.6 Å². The van der Waals surface area contributed by atoms with E-state index in [4.69, 9.17) is 0 Å².